The van der Waals surface area contributed by atoms with E-state index < -0.39 is 0 Å². The van der Waals surface area contributed by atoms with Crippen LogP contribution in [0.4, 0.5) is 4.39 Å². The lowest BCUT2D eigenvalue weighted by molar-refractivity contribution is -0.118. The first-order valence-electron chi connectivity index (χ1n) is 8.02. The summed E-state index contributed by atoms with van der Waals surface area (Å²) in [5.74, 6) is -0.362. The Hall–Kier alpha value is -2.13. The van der Waals surface area contributed by atoms with E-state index in [9.17, 15) is 14.0 Å². The minimum absolute atomic E-state index is 0.0157. The summed E-state index contributed by atoms with van der Waals surface area (Å²) < 4.78 is 19.9. The third-order valence-electron chi connectivity index (χ3n) is 3.87. The van der Waals surface area contributed by atoms with Gasteiger partial charge in [0.05, 0.1) is 18.4 Å². The van der Waals surface area contributed by atoms with Crippen LogP contribution in [0, 0.1) is 5.82 Å². The summed E-state index contributed by atoms with van der Waals surface area (Å²) in [6.45, 7) is 1.48. The van der Waals surface area contributed by atoms with Gasteiger partial charge in [0.2, 0.25) is 5.91 Å². The first-order chi connectivity index (χ1) is 12.1. The summed E-state index contributed by atoms with van der Waals surface area (Å²) >= 11 is 1.19. The number of carbonyl (C=O) groups excluding carboxylic acids is 1. The predicted molar refractivity (Wildman–Crippen MR) is 90.8 cm³/mol. The second-order valence-corrected chi connectivity index (χ2v) is 6.69. The van der Waals surface area contributed by atoms with E-state index in [-0.39, 0.29) is 29.3 Å². The van der Waals surface area contributed by atoms with Gasteiger partial charge in [0.1, 0.15) is 5.82 Å². The number of aromatic nitrogens is 3. The highest BCUT2D eigenvalue weighted by Gasteiger charge is 2.20. The molecule has 7 nitrogen and oxygen atoms in total. The van der Waals surface area contributed by atoms with Gasteiger partial charge in [0.25, 0.3) is 0 Å². The molecule has 1 aromatic heterocycles. The Labute approximate surface area is 148 Å². The normalized spacial score (nSPS) is 16.9. The SMILES string of the molecule is O=C(CSc1n[nH]c(=O)n1CC1CCCO1)NCc1ccc(F)cc1. The zero-order valence-electron chi connectivity index (χ0n) is 13.5. The number of hydrogen-bond donors (Lipinski definition) is 2. The number of hydrogen-bond acceptors (Lipinski definition) is 5. The molecular formula is C16H19FN4O3S. The standard InChI is InChI=1S/C16H19FN4O3S/c17-12-5-3-11(4-6-12)8-18-14(22)10-25-16-20-19-15(23)21(16)9-13-2-1-7-24-13/h3-6,13H,1-2,7-10H2,(H,18,22)(H,19,23). The van der Waals surface area contributed by atoms with Crippen molar-refractivity contribution in [2.75, 3.05) is 12.4 Å². The molecule has 1 aromatic carbocycles. The van der Waals surface area contributed by atoms with Crippen LogP contribution in [0.15, 0.2) is 34.2 Å². The number of nitrogens with zero attached hydrogens (tertiary/aromatic N) is 2. The van der Waals surface area contributed by atoms with Crippen LogP contribution in [0.5, 0.6) is 0 Å². The van der Waals surface area contributed by atoms with Gasteiger partial charge in [-0.15, -0.1) is 5.10 Å². The molecule has 0 saturated carbocycles. The van der Waals surface area contributed by atoms with Crippen LogP contribution in [0.25, 0.3) is 0 Å². The fraction of sp³-hybridized carbons (Fsp3) is 0.438. The number of amides is 1. The summed E-state index contributed by atoms with van der Waals surface area (Å²) in [6, 6.07) is 5.94. The number of halogens is 1. The highest BCUT2D eigenvalue weighted by Crippen LogP contribution is 2.17. The van der Waals surface area contributed by atoms with Gasteiger partial charge >= 0.3 is 5.69 Å². The van der Waals surface area contributed by atoms with Gasteiger partial charge in [-0.25, -0.2) is 14.3 Å². The van der Waals surface area contributed by atoms with Crippen molar-refractivity contribution in [1.82, 2.24) is 20.1 Å². The molecule has 3 rings (SSSR count). The minimum Gasteiger partial charge on any atom is -0.376 e. The summed E-state index contributed by atoms with van der Waals surface area (Å²) in [5, 5.41) is 9.61. The van der Waals surface area contributed by atoms with Crippen LogP contribution >= 0.6 is 11.8 Å². The van der Waals surface area contributed by atoms with Crippen LogP contribution < -0.4 is 11.0 Å². The molecule has 1 saturated heterocycles. The Morgan fingerprint density at radius 3 is 2.96 bits per heavy atom. The van der Waals surface area contributed by atoms with Gasteiger partial charge in [-0.3, -0.25) is 9.36 Å². The highest BCUT2D eigenvalue weighted by molar-refractivity contribution is 7.99. The van der Waals surface area contributed by atoms with Gasteiger partial charge < -0.3 is 10.1 Å². The van der Waals surface area contributed by atoms with E-state index in [2.05, 4.69) is 15.5 Å². The number of ether oxygens (including phenoxy) is 1. The number of rotatable bonds is 7. The number of aromatic amines is 1. The average Bonchev–Trinajstić information content (AvgIpc) is 3.24. The van der Waals surface area contributed by atoms with Crippen molar-refractivity contribution in [2.45, 2.75) is 37.2 Å². The number of nitrogens with one attached hydrogen (secondary N) is 2. The molecule has 0 radical (unpaired) electrons. The molecule has 9 heteroatoms. The topological polar surface area (TPSA) is 89.0 Å². The van der Waals surface area contributed by atoms with Crippen molar-refractivity contribution < 1.29 is 13.9 Å². The zero-order valence-corrected chi connectivity index (χ0v) is 14.4. The van der Waals surface area contributed by atoms with Crippen LogP contribution in [0.3, 0.4) is 0 Å². The van der Waals surface area contributed by atoms with Crippen LogP contribution in [0.1, 0.15) is 18.4 Å². The Morgan fingerprint density at radius 1 is 1.44 bits per heavy atom. The molecule has 2 aromatic rings. The van der Waals surface area contributed by atoms with Crippen molar-refractivity contribution in [1.29, 1.82) is 0 Å². The fourth-order valence-corrected chi connectivity index (χ4v) is 3.34. The van der Waals surface area contributed by atoms with Gasteiger partial charge in [-0.2, -0.15) is 0 Å². The maximum absolute atomic E-state index is 12.8. The van der Waals surface area contributed by atoms with Crippen molar-refractivity contribution in [3.63, 3.8) is 0 Å². The molecule has 1 aliphatic heterocycles. The third kappa shape index (κ3) is 4.93. The maximum atomic E-state index is 12.8. The predicted octanol–water partition coefficient (Wildman–Crippen LogP) is 1.30. The van der Waals surface area contributed by atoms with E-state index in [1.165, 1.54) is 28.5 Å². The second kappa shape index (κ2) is 8.30. The highest BCUT2D eigenvalue weighted by atomic mass is 32.2. The van der Waals surface area contributed by atoms with Crippen molar-refractivity contribution in [3.8, 4) is 0 Å². The van der Waals surface area contributed by atoms with Gasteiger partial charge in [0, 0.05) is 13.2 Å². The fourth-order valence-electron chi connectivity index (χ4n) is 2.55. The monoisotopic (exact) mass is 366 g/mol. The summed E-state index contributed by atoms with van der Waals surface area (Å²) in [7, 11) is 0. The van der Waals surface area contributed by atoms with E-state index in [0.29, 0.717) is 24.9 Å². The molecule has 0 aliphatic carbocycles. The summed E-state index contributed by atoms with van der Waals surface area (Å²) in [4.78, 5) is 23.8. The quantitative estimate of drug-likeness (QED) is 0.721. The summed E-state index contributed by atoms with van der Waals surface area (Å²) in [5.41, 5.74) is 0.513. The maximum Gasteiger partial charge on any atom is 0.344 e. The van der Waals surface area contributed by atoms with Gasteiger partial charge in [-0.05, 0) is 30.5 Å². The number of thioether (sulfide) groups is 1. The first-order valence-corrected chi connectivity index (χ1v) is 9.01. The lowest BCUT2D eigenvalue weighted by atomic mass is 10.2. The first kappa shape index (κ1) is 17.7. The molecule has 0 spiro atoms. The molecule has 0 bridgehead atoms. The van der Waals surface area contributed by atoms with E-state index in [1.807, 2.05) is 0 Å². The lowest BCUT2D eigenvalue weighted by Gasteiger charge is -2.11. The number of H-pyrrole nitrogens is 1. The molecule has 1 aliphatic rings. The van der Waals surface area contributed by atoms with Crippen molar-refractivity contribution >= 4 is 17.7 Å². The second-order valence-electron chi connectivity index (χ2n) is 5.75. The van der Waals surface area contributed by atoms with Crippen molar-refractivity contribution in [3.05, 3.63) is 46.1 Å². The summed E-state index contributed by atoms with van der Waals surface area (Å²) in [6.07, 6.45) is 1.92. The number of carbonyl (C=O) groups is 1. The molecule has 2 heterocycles. The minimum atomic E-state index is -0.312. The van der Waals surface area contributed by atoms with Crippen LogP contribution in [0.2, 0.25) is 0 Å². The Bertz CT molecular complexity index is 768. The third-order valence-corrected chi connectivity index (χ3v) is 4.85. The van der Waals surface area contributed by atoms with Crippen molar-refractivity contribution in [2.24, 2.45) is 0 Å². The van der Waals surface area contributed by atoms with E-state index >= 15 is 0 Å². The molecule has 1 fully saturated rings. The zero-order chi connectivity index (χ0) is 17.6. The molecular weight excluding hydrogens is 347 g/mol. The smallest absolute Gasteiger partial charge is 0.344 e. The van der Waals surface area contributed by atoms with Gasteiger partial charge in [0.15, 0.2) is 5.16 Å². The van der Waals surface area contributed by atoms with Crippen LogP contribution in [-0.4, -0.2) is 39.1 Å². The lowest BCUT2D eigenvalue weighted by Crippen LogP contribution is -2.26. The molecule has 2 N–H and O–H groups in total. The average molecular weight is 366 g/mol. The molecule has 134 valence electrons. The van der Waals surface area contributed by atoms with Crippen LogP contribution in [-0.2, 0) is 22.6 Å². The number of benzene rings is 1. The molecule has 25 heavy (non-hydrogen) atoms. The largest absolute Gasteiger partial charge is 0.376 e. The molecule has 1 amide bonds. The Morgan fingerprint density at radius 2 is 2.24 bits per heavy atom. The Balaban J connectivity index is 1.50. The van der Waals surface area contributed by atoms with E-state index in [1.54, 1.807) is 12.1 Å². The molecule has 1 atom stereocenters. The Kier molecular flexibility index (Phi) is 5.87. The van der Waals surface area contributed by atoms with Gasteiger partial charge in [-0.1, -0.05) is 23.9 Å². The van der Waals surface area contributed by atoms with E-state index in [4.69, 9.17) is 4.74 Å². The molecule has 1 unspecified atom stereocenters. The van der Waals surface area contributed by atoms with E-state index in [0.717, 1.165) is 18.4 Å².